The van der Waals surface area contributed by atoms with Gasteiger partial charge in [-0.1, -0.05) is 42.0 Å². The lowest BCUT2D eigenvalue weighted by atomic mass is 10.1. The number of aryl methyl sites for hydroxylation is 1. The third kappa shape index (κ3) is 4.31. The summed E-state index contributed by atoms with van der Waals surface area (Å²) >= 11 is 0. The number of rotatable bonds is 5. The maximum atomic E-state index is 14.3. The van der Waals surface area contributed by atoms with Crippen molar-refractivity contribution >= 4 is 5.91 Å². The van der Waals surface area contributed by atoms with Crippen molar-refractivity contribution in [2.75, 3.05) is 0 Å². The van der Waals surface area contributed by atoms with Gasteiger partial charge in [-0.25, -0.2) is 9.18 Å². The molecule has 0 saturated carbocycles. The van der Waals surface area contributed by atoms with Gasteiger partial charge in [0.05, 0.1) is 6.54 Å². The number of amides is 1. The van der Waals surface area contributed by atoms with E-state index in [1.807, 2.05) is 19.1 Å². The number of para-hydroxylation sites is 1. The highest BCUT2D eigenvalue weighted by Crippen LogP contribution is 2.10. The molecule has 1 heterocycles. The number of halogens is 1. The van der Waals surface area contributed by atoms with Gasteiger partial charge in [0.25, 0.3) is 11.5 Å². The summed E-state index contributed by atoms with van der Waals surface area (Å²) < 4.78 is 16.0. The van der Waals surface area contributed by atoms with E-state index in [-0.39, 0.29) is 18.3 Å². The molecular formula is C21H21FN4O3. The Labute approximate surface area is 166 Å². The first kappa shape index (κ1) is 20.2. The van der Waals surface area contributed by atoms with Crippen molar-refractivity contribution in [3.63, 3.8) is 0 Å². The van der Waals surface area contributed by atoms with Crippen LogP contribution in [0, 0.1) is 12.7 Å². The minimum Gasteiger partial charge on any atom is -0.348 e. The van der Waals surface area contributed by atoms with E-state index in [1.54, 1.807) is 26.0 Å². The Bertz CT molecular complexity index is 1180. The molecule has 3 aromatic rings. The minimum absolute atomic E-state index is 0.0712. The summed E-state index contributed by atoms with van der Waals surface area (Å²) in [5, 5.41) is 6.48. The molecule has 0 spiro atoms. The van der Waals surface area contributed by atoms with Crippen molar-refractivity contribution in [3.8, 4) is 5.69 Å². The molecule has 1 amide bonds. The van der Waals surface area contributed by atoms with Crippen LogP contribution in [0.3, 0.4) is 0 Å². The second-order valence-corrected chi connectivity index (χ2v) is 7.00. The van der Waals surface area contributed by atoms with Crippen LogP contribution in [0.1, 0.15) is 35.5 Å². The first-order chi connectivity index (χ1) is 13.8. The highest BCUT2D eigenvalue weighted by Gasteiger charge is 2.22. The van der Waals surface area contributed by atoms with Crippen molar-refractivity contribution in [1.29, 1.82) is 0 Å². The summed E-state index contributed by atoms with van der Waals surface area (Å²) in [4.78, 5) is 38.4. The van der Waals surface area contributed by atoms with Gasteiger partial charge in [0.1, 0.15) is 11.5 Å². The molecule has 1 N–H and O–H groups in total. The van der Waals surface area contributed by atoms with Gasteiger partial charge < -0.3 is 5.32 Å². The lowest BCUT2D eigenvalue weighted by molar-refractivity contribution is 0.0933. The Morgan fingerprint density at radius 1 is 1.14 bits per heavy atom. The predicted molar refractivity (Wildman–Crippen MR) is 107 cm³/mol. The zero-order valence-corrected chi connectivity index (χ0v) is 16.3. The van der Waals surface area contributed by atoms with Crippen molar-refractivity contribution in [2.45, 2.75) is 33.4 Å². The van der Waals surface area contributed by atoms with Gasteiger partial charge in [-0.05, 0) is 38.5 Å². The monoisotopic (exact) mass is 396 g/mol. The van der Waals surface area contributed by atoms with Crippen molar-refractivity contribution < 1.29 is 9.18 Å². The Balaban J connectivity index is 2.24. The molecule has 0 bridgehead atoms. The third-order valence-corrected chi connectivity index (χ3v) is 4.20. The Morgan fingerprint density at radius 3 is 2.52 bits per heavy atom. The fourth-order valence-corrected chi connectivity index (χ4v) is 2.90. The number of carbonyl (C=O) groups is 1. The molecule has 0 radical (unpaired) electrons. The lowest BCUT2D eigenvalue weighted by Crippen LogP contribution is -2.47. The maximum absolute atomic E-state index is 14.3. The van der Waals surface area contributed by atoms with E-state index in [9.17, 15) is 18.8 Å². The number of nitrogens with one attached hydrogen (secondary N) is 1. The zero-order chi connectivity index (χ0) is 21.1. The SMILES string of the molecule is Cc1cccc(Cn2c(=O)c(C(=O)NC(C)C)nn(-c3ccccc3F)c2=O)c1. The number of nitrogens with zero attached hydrogens (tertiary/aromatic N) is 3. The average Bonchev–Trinajstić information content (AvgIpc) is 2.65. The van der Waals surface area contributed by atoms with Crippen LogP contribution in [0.4, 0.5) is 4.39 Å². The van der Waals surface area contributed by atoms with Crippen LogP contribution in [0.15, 0.2) is 58.1 Å². The van der Waals surface area contributed by atoms with E-state index >= 15 is 0 Å². The highest BCUT2D eigenvalue weighted by atomic mass is 19.1. The van der Waals surface area contributed by atoms with Crippen LogP contribution in [0.2, 0.25) is 0 Å². The van der Waals surface area contributed by atoms with Gasteiger partial charge in [-0.3, -0.25) is 14.2 Å². The van der Waals surface area contributed by atoms with E-state index in [0.29, 0.717) is 5.56 Å². The summed E-state index contributed by atoms with van der Waals surface area (Å²) in [6.45, 7) is 5.28. The van der Waals surface area contributed by atoms with Crippen LogP contribution in [0.25, 0.3) is 5.69 Å². The molecule has 0 aliphatic carbocycles. The molecule has 8 heteroatoms. The van der Waals surface area contributed by atoms with Crippen molar-refractivity contribution in [3.05, 3.63) is 92.0 Å². The van der Waals surface area contributed by atoms with Gasteiger partial charge >= 0.3 is 5.69 Å². The number of aromatic nitrogens is 3. The predicted octanol–water partition coefficient (Wildman–Crippen LogP) is 2.03. The fourth-order valence-electron chi connectivity index (χ4n) is 2.90. The number of hydrogen-bond donors (Lipinski definition) is 1. The van der Waals surface area contributed by atoms with Gasteiger partial charge in [0.15, 0.2) is 0 Å². The first-order valence-corrected chi connectivity index (χ1v) is 9.13. The minimum atomic E-state index is -0.831. The van der Waals surface area contributed by atoms with E-state index in [1.165, 1.54) is 24.3 Å². The second-order valence-electron chi connectivity index (χ2n) is 7.00. The van der Waals surface area contributed by atoms with Crippen LogP contribution >= 0.6 is 0 Å². The molecule has 3 rings (SSSR count). The quantitative estimate of drug-likeness (QED) is 0.715. The molecule has 0 fully saturated rings. The largest absolute Gasteiger partial charge is 0.352 e. The van der Waals surface area contributed by atoms with Crippen molar-refractivity contribution in [1.82, 2.24) is 19.7 Å². The van der Waals surface area contributed by atoms with Crippen LogP contribution in [-0.2, 0) is 6.54 Å². The van der Waals surface area contributed by atoms with Gasteiger partial charge in [-0.2, -0.15) is 9.78 Å². The molecule has 29 heavy (non-hydrogen) atoms. The van der Waals surface area contributed by atoms with Crippen LogP contribution < -0.4 is 16.6 Å². The molecule has 0 atom stereocenters. The summed E-state index contributed by atoms with van der Waals surface area (Å²) in [6.07, 6.45) is 0. The van der Waals surface area contributed by atoms with E-state index in [0.717, 1.165) is 14.8 Å². The zero-order valence-electron chi connectivity index (χ0n) is 16.3. The Hall–Kier alpha value is -3.55. The highest BCUT2D eigenvalue weighted by molar-refractivity contribution is 5.91. The molecule has 0 aliphatic rings. The van der Waals surface area contributed by atoms with Gasteiger partial charge in [-0.15, -0.1) is 0 Å². The van der Waals surface area contributed by atoms with Crippen LogP contribution in [0.5, 0.6) is 0 Å². The normalized spacial score (nSPS) is 10.9. The van der Waals surface area contributed by atoms with E-state index in [4.69, 9.17) is 0 Å². The molecule has 0 aliphatic heterocycles. The number of benzene rings is 2. The standard InChI is InChI=1S/C21H21FN4O3/c1-13(2)23-19(27)18-20(28)25(12-15-8-6-7-14(3)11-15)21(29)26(24-18)17-10-5-4-9-16(17)22/h4-11,13H,12H2,1-3H3,(H,23,27). The molecule has 0 unspecified atom stereocenters. The molecule has 150 valence electrons. The summed E-state index contributed by atoms with van der Waals surface area (Å²) in [5.74, 6) is -1.42. The van der Waals surface area contributed by atoms with Gasteiger partial charge in [0.2, 0.25) is 5.69 Å². The summed E-state index contributed by atoms with van der Waals surface area (Å²) in [7, 11) is 0. The Kier molecular flexibility index (Phi) is 5.72. The summed E-state index contributed by atoms with van der Waals surface area (Å²) in [6, 6.07) is 12.6. The third-order valence-electron chi connectivity index (χ3n) is 4.20. The number of hydrogen-bond acceptors (Lipinski definition) is 4. The smallest absolute Gasteiger partial charge is 0.348 e. The Morgan fingerprint density at radius 2 is 1.86 bits per heavy atom. The van der Waals surface area contributed by atoms with E-state index < -0.39 is 28.7 Å². The maximum Gasteiger partial charge on any atom is 0.352 e. The van der Waals surface area contributed by atoms with Crippen LogP contribution in [-0.4, -0.2) is 26.3 Å². The molecule has 7 nitrogen and oxygen atoms in total. The van der Waals surface area contributed by atoms with E-state index in [2.05, 4.69) is 10.4 Å². The molecule has 1 aromatic heterocycles. The topological polar surface area (TPSA) is 86.0 Å². The molecular weight excluding hydrogens is 375 g/mol. The number of carbonyl (C=O) groups excluding carboxylic acids is 1. The lowest BCUT2D eigenvalue weighted by Gasteiger charge is -2.14. The first-order valence-electron chi connectivity index (χ1n) is 9.13. The van der Waals surface area contributed by atoms with Gasteiger partial charge in [0, 0.05) is 6.04 Å². The second kappa shape index (κ2) is 8.22. The van der Waals surface area contributed by atoms with Crippen molar-refractivity contribution in [2.24, 2.45) is 0 Å². The average molecular weight is 396 g/mol. The fraction of sp³-hybridized carbons (Fsp3) is 0.238. The molecule has 0 saturated heterocycles. The summed E-state index contributed by atoms with van der Waals surface area (Å²) in [5.41, 5.74) is -0.629. The molecule has 2 aromatic carbocycles.